The van der Waals surface area contributed by atoms with Crippen LogP contribution in [0.3, 0.4) is 0 Å². The van der Waals surface area contributed by atoms with Crippen molar-refractivity contribution in [3.05, 3.63) is 35.4 Å². The molecule has 1 rings (SSSR count). The fourth-order valence-electron chi connectivity index (χ4n) is 1.92. The van der Waals surface area contributed by atoms with Crippen LogP contribution in [0.5, 0.6) is 0 Å². The molecule has 0 bridgehead atoms. The summed E-state index contributed by atoms with van der Waals surface area (Å²) in [4.78, 5) is 10.9. The van der Waals surface area contributed by atoms with E-state index in [2.05, 4.69) is 0 Å². The van der Waals surface area contributed by atoms with E-state index in [0.717, 1.165) is 5.56 Å². The van der Waals surface area contributed by atoms with E-state index in [9.17, 15) is 14.5 Å². The summed E-state index contributed by atoms with van der Waals surface area (Å²) in [7, 11) is -3.87. The molecule has 0 saturated heterocycles. The van der Waals surface area contributed by atoms with Crippen molar-refractivity contribution in [2.24, 2.45) is 0 Å². The number of aryl methyl sites for hydroxylation is 1. The van der Waals surface area contributed by atoms with Crippen molar-refractivity contribution in [3.8, 4) is 0 Å². The van der Waals surface area contributed by atoms with Gasteiger partial charge in [0.15, 0.2) is 5.34 Å². The summed E-state index contributed by atoms with van der Waals surface area (Å²) in [5, 5.41) is 8.85. The van der Waals surface area contributed by atoms with Crippen molar-refractivity contribution in [1.82, 2.24) is 0 Å². The Hall–Kier alpha value is -1.00. The molecular formula is C14H21O5P. The normalized spacial score (nSPS) is 14.8. The van der Waals surface area contributed by atoms with Gasteiger partial charge >= 0.3 is 7.60 Å². The Morgan fingerprint density at radius 1 is 1.20 bits per heavy atom. The summed E-state index contributed by atoms with van der Waals surface area (Å²) in [6, 6.07) is 6.80. The van der Waals surface area contributed by atoms with Gasteiger partial charge in [0.05, 0.1) is 13.2 Å². The molecule has 5 nitrogen and oxygen atoms in total. The third-order valence-corrected chi connectivity index (χ3v) is 5.48. The van der Waals surface area contributed by atoms with Gasteiger partial charge in [-0.25, -0.2) is 0 Å². The van der Waals surface area contributed by atoms with Crippen LogP contribution in [0.4, 0.5) is 0 Å². The minimum absolute atomic E-state index is 0.115. The highest BCUT2D eigenvalue weighted by atomic mass is 31.2. The van der Waals surface area contributed by atoms with Gasteiger partial charge in [-0.15, -0.1) is 0 Å². The van der Waals surface area contributed by atoms with Crippen LogP contribution in [0.2, 0.25) is 0 Å². The lowest BCUT2D eigenvalue weighted by Gasteiger charge is -2.33. The number of carbonyl (C=O) groups excluding carboxylic acids is 1. The van der Waals surface area contributed by atoms with Crippen molar-refractivity contribution in [2.75, 3.05) is 13.2 Å². The Kier molecular flexibility index (Phi) is 6.08. The van der Waals surface area contributed by atoms with E-state index in [4.69, 9.17) is 9.05 Å². The largest absolute Gasteiger partial charge is 0.373 e. The molecule has 0 amide bonds. The zero-order valence-electron chi connectivity index (χ0n) is 12.0. The molecule has 0 fully saturated rings. The van der Waals surface area contributed by atoms with E-state index in [1.165, 1.54) is 0 Å². The van der Waals surface area contributed by atoms with E-state index < -0.39 is 12.9 Å². The molecule has 6 heteroatoms. The second-order valence-electron chi connectivity index (χ2n) is 4.39. The van der Waals surface area contributed by atoms with Gasteiger partial charge in [-0.3, -0.25) is 4.57 Å². The summed E-state index contributed by atoms with van der Waals surface area (Å²) in [6.07, 6.45) is 0.165. The number of hydrogen-bond acceptors (Lipinski definition) is 5. The standard InChI is InChI=1S/C14H21O5P/c1-4-18-20(17,19-5-2)14(16,10-11-15)13-8-6-12(3)7-9-13/h6-9,11,16H,4-5,10H2,1-3H3/t14-/m1/s1. The van der Waals surface area contributed by atoms with Crippen molar-refractivity contribution < 1.29 is 23.5 Å². The molecule has 1 aromatic carbocycles. The molecular weight excluding hydrogens is 279 g/mol. The van der Waals surface area contributed by atoms with Crippen LogP contribution in [0.1, 0.15) is 31.4 Å². The summed E-state index contributed by atoms with van der Waals surface area (Å²) in [6.45, 7) is 5.44. The van der Waals surface area contributed by atoms with E-state index >= 15 is 0 Å². The first-order valence-electron chi connectivity index (χ1n) is 6.56. The second-order valence-corrected chi connectivity index (χ2v) is 6.64. The molecule has 0 aromatic heterocycles. The van der Waals surface area contributed by atoms with Gasteiger partial charge < -0.3 is 18.9 Å². The quantitative estimate of drug-likeness (QED) is 0.590. The van der Waals surface area contributed by atoms with Gasteiger partial charge in [0.1, 0.15) is 6.29 Å². The first-order chi connectivity index (χ1) is 9.43. The van der Waals surface area contributed by atoms with Gasteiger partial charge in [-0.1, -0.05) is 29.8 Å². The fourth-order valence-corrected chi connectivity index (χ4v) is 3.86. The summed E-state index contributed by atoms with van der Waals surface area (Å²) < 4.78 is 23.3. The molecule has 0 aliphatic heterocycles. The molecule has 0 spiro atoms. The minimum atomic E-state index is -3.87. The molecule has 1 aromatic rings. The number of aldehydes is 1. The van der Waals surface area contributed by atoms with Gasteiger partial charge in [-0.2, -0.15) is 0 Å². The Morgan fingerprint density at radius 3 is 2.10 bits per heavy atom. The number of rotatable bonds is 8. The molecule has 0 aliphatic carbocycles. The average Bonchev–Trinajstić information content (AvgIpc) is 2.40. The van der Waals surface area contributed by atoms with E-state index in [1.807, 2.05) is 6.92 Å². The van der Waals surface area contributed by atoms with Crippen molar-refractivity contribution >= 4 is 13.9 Å². The lowest BCUT2D eigenvalue weighted by molar-refractivity contribution is -0.111. The number of carbonyl (C=O) groups is 1. The first kappa shape index (κ1) is 17.1. The summed E-state index contributed by atoms with van der Waals surface area (Å²) >= 11 is 0. The van der Waals surface area contributed by atoms with Crippen molar-refractivity contribution in [3.63, 3.8) is 0 Å². The maximum atomic E-state index is 12.9. The maximum Gasteiger partial charge on any atom is 0.366 e. The number of benzene rings is 1. The van der Waals surface area contributed by atoms with Crippen LogP contribution in [0.15, 0.2) is 24.3 Å². The highest BCUT2D eigenvalue weighted by Gasteiger charge is 2.50. The van der Waals surface area contributed by atoms with Crippen LogP contribution in [-0.4, -0.2) is 24.6 Å². The molecule has 20 heavy (non-hydrogen) atoms. The van der Waals surface area contributed by atoms with Crippen molar-refractivity contribution in [1.29, 1.82) is 0 Å². The third kappa shape index (κ3) is 3.36. The second kappa shape index (κ2) is 7.14. The van der Waals surface area contributed by atoms with E-state index in [-0.39, 0.29) is 19.6 Å². The van der Waals surface area contributed by atoms with Gasteiger partial charge in [0.2, 0.25) is 0 Å². The summed E-state index contributed by atoms with van der Waals surface area (Å²) in [5.74, 6) is 0. The molecule has 0 aliphatic rings. The molecule has 1 atom stereocenters. The highest BCUT2D eigenvalue weighted by molar-refractivity contribution is 7.55. The van der Waals surface area contributed by atoms with Gasteiger partial charge in [0.25, 0.3) is 0 Å². The van der Waals surface area contributed by atoms with Crippen LogP contribution in [0.25, 0.3) is 0 Å². The highest BCUT2D eigenvalue weighted by Crippen LogP contribution is 2.64. The monoisotopic (exact) mass is 300 g/mol. The topological polar surface area (TPSA) is 72.8 Å². The predicted octanol–water partition coefficient (Wildman–Crippen LogP) is 3.00. The maximum absolute atomic E-state index is 12.9. The van der Waals surface area contributed by atoms with Gasteiger partial charge in [0, 0.05) is 6.42 Å². The lowest BCUT2D eigenvalue weighted by Crippen LogP contribution is -2.29. The molecule has 0 heterocycles. The lowest BCUT2D eigenvalue weighted by atomic mass is 10.0. The van der Waals surface area contributed by atoms with Crippen LogP contribution in [-0.2, 0) is 23.7 Å². The fraction of sp³-hybridized carbons (Fsp3) is 0.500. The number of aliphatic hydroxyl groups is 1. The molecule has 0 unspecified atom stereocenters. The number of hydrogen-bond donors (Lipinski definition) is 1. The van der Waals surface area contributed by atoms with Crippen LogP contribution in [0, 0.1) is 6.92 Å². The Morgan fingerprint density at radius 2 is 1.70 bits per heavy atom. The third-order valence-electron chi connectivity index (χ3n) is 2.93. The molecule has 0 saturated carbocycles. The molecule has 112 valence electrons. The summed E-state index contributed by atoms with van der Waals surface area (Å²) in [5.41, 5.74) is 1.34. The SMILES string of the molecule is CCOP(=O)(OCC)[C@](O)(CC=O)c1ccc(C)cc1. The zero-order valence-corrected chi connectivity index (χ0v) is 12.9. The smallest absolute Gasteiger partial charge is 0.366 e. The zero-order chi connectivity index (χ0) is 15.2. The van der Waals surface area contributed by atoms with Gasteiger partial charge in [-0.05, 0) is 26.3 Å². The van der Waals surface area contributed by atoms with E-state index in [0.29, 0.717) is 11.8 Å². The Labute approximate surface area is 119 Å². The molecule has 1 N–H and O–H groups in total. The average molecular weight is 300 g/mol. The van der Waals surface area contributed by atoms with Crippen molar-refractivity contribution in [2.45, 2.75) is 32.5 Å². The first-order valence-corrected chi connectivity index (χ1v) is 8.10. The van der Waals surface area contributed by atoms with Crippen LogP contribution >= 0.6 is 7.60 Å². The Balaban J connectivity index is 3.34. The Bertz CT molecular complexity index is 475. The predicted molar refractivity (Wildman–Crippen MR) is 76.6 cm³/mol. The minimum Gasteiger partial charge on any atom is -0.373 e. The van der Waals surface area contributed by atoms with Crippen LogP contribution < -0.4 is 0 Å². The molecule has 0 radical (unpaired) electrons. The van der Waals surface area contributed by atoms with E-state index in [1.54, 1.807) is 38.1 Å².